The number of rotatable bonds is 2. The lowest BCUT2D eigenvalue weighted by Gasteiger charge is -2.07. The first-order chi connectivity index (χ1) is 6.85. The fraction of sp³-hybridized carbons (Fsp3) is 0.167. The van der Waals surface area contributed by atoms with Gasteiger partial charge in [0.2, 0.25) is 0 Å². The van der Waals surface area contributed by atoms with E-state index in [4.69, 9.17) is 4.74 Å². The fourth-order valence-electron chi connectivity index (χ4n) is 1.58. The molecule has 0 saturated carbocycles. The van der Waals surface area contributed by atoms with Gasteiger partial charge in [-0.15, -0.1) is 0 Å². The predicted octanol–water partition coefficient (Wildman–Crippen LogP) is 2.89. The van der Waals surface area contributed by atoms with Gasteiger partial charge in [-0.1, -0.05) is 18.2 Å². The number of ether oxygens (including phenoxy) is 1. The van der Waals surface area contributed by atoms with Crippen LogP contribution in [0.3, 0.4) is 0 Å². The lowest BCUT2D eigenvalue weighted by molar-refractivity contribution is 0.420. The van der Waals surface area contributed by atoms with Crippen LogP contribution in [0, 0.1) is 0 Å². The highest BCUT2D eigenvalue weighted by Crippen LogP contribution is 2.27. The van der Waals surface area contributed by atoms with Crippen molar-refractivity contribution in [2.75, 3.05) is 19.5 Å². The Kier molecular flexibility index (Phi) is 2.27. The van der Waals surface area contributed by atoms with Gasteiger partial charge in [0, 0.05) is 18.1 Å². The Labute approximate surface area is 83.5 Å². The van der Waals surface area contributed by atoms with Crippen LogP contribution >= 0.6 is 0 Å². The summed E-state index contributed by atoms with van der Waals surface area (Å²) < 4.78 is 5.30. The van der Waals surface area contributed by atoms with Gasteiger partial charge >= 0.3 is 0 Å². The SMILES string of the molecule is CNc1ccc2cccc(OC)c2c1. The normalized spacial score (nSPS) is 10.1. The molecule has 0 aliphatic carbocycles. The Morgan fingerprint density at radius 3 is 2.71 bits per heavy atom. The van der Waals surface area contributed by atoms with Crippen molar-refractivity contribution >= 4 is 16.5 Å². The van der Waals surface area contributed by atoms with E-state index in [0.717, 1.165) is 16.8 Å². The summed E-state index contributed by atoms with van der Waals surface area (Å²) in [5, 5.41) is 5.45. The molecule has 2 rings (SSSR count). The quantitative estimate of drug-likeness (QED) is 0.780. The molecular weight excluding hydrogens is 174 g/mol. The van der Waals surface area contributed by atoms with E-state index in [0.29, 0.717) is 0 Å². The number of anilines is 1. The second-order valence-electron chi connectivity index (χ2n) is 3.15. The number of fused-ring (bicyclic) bond motifs is 1. The third-order valence-electron chi connectivity index (χ3n) is 2.35. The van der Waals surface area contributed by atoms with E-state index in [2.05, 4.69) is 29.6 Å². The summed E-state index contributed by atoms with van der Waals surface area (Å²) >= 11 is 0. The zero-order chi connectivity index (χ0) is 9.97. The van der Waals surface area contributed by atoms with E-state index < -0.39 is 0 Å². The Morgan fingerprint density at radius 2 is 2.00 bits per heavy atom. The maximum Gasteiger partial charge on any atom is 0.126 e. The van der Waals surface area contributed by atoms with E-state index >= 15 is 0 Å². The number of hydrogen-bond donors (Lipinski definition) is 1. The highest BCUT2D eigenvalue weighted by atomic mass is 16.5. The van der Waals surface area contributed by atoms with Crippen molar-refractivity contribution in [2.45, 2.75) is 0 Å². The maximum atomic E-state index is 5.30. The summed E-state index contributed by atoms with van der Waals surface area (Å²) in [4.78, 5) is 0. The first-order valence-electron chi connectivity index (χ1n) is 4.59. The number of benzene rings is 2. The van der Waals surface area contributed by atoms with Gasteiger partial charge in [-0.25, -0.2) is 0 Å². The fourth-order valence-corrected chi connectivity index (χ4v) is 1.58. The molecule has 0 aliphatic rings. The van der Waals surface area contributed by atoms with Crippen molar-refractivity contribution in [3.8, 4) is 5.75 Å². The second kappa shape index (κ2) is 3.58. The van der Waals surface area contributed by atoms with Crippen molar-refractivity contribution in [1.29, 1.82) is 0 Å². The molecule has 0 aromatic heterocycles. The molecule has 2 nitrogen and oxygen atoms in total. The molecule has 0 aliphatic heterocycles. The van der Waals surface area contributed by atoms with Crippen molar-refractivity contribution in [3.05, 3.63) is 36.4 Å². The third-order valence-corrected chi connectivity index (χ3v) is 2.35. The Morgan fingerprint density at radius 1 is 1.14 bits per heavy atom. The zero-order valence-electron chi connectivity index (χ0n) is 8.37. The van der Waals surface area contributed by atoms with Crippen molar-refractivity contribution in [1.82, 2.24) is 0 Å². The number of nitrogens with one attached hydrogen (secondary N) is 1. The van der Waals surface area contributed by atoms with Gasteiger partial charge in [-0.2, -0.15) is 0 Å². The highest BCUT2D eigenvalue weighted by molar-refractivity contribution is 5.90. The van der Waals surface area contributed by atoms with Crippen LogP contribution in [0.4, 0.5) is 5.69 Å². The van der Waals surface area contributed by atoms with Crippen LogP contribution < -0.4 is 10.1 Å². The van der Waals surface area contributed by atoms with E-state index in [9.17, 15) is 0 Å². The molecule has 0 radical (unpaired) electrons. The summed E-state index contributed by atoms with van der Waals surface area (Å²) in [5.74, 6) is 0.916. The smallest absolute Gasteiger partial charge is 0.126 e. The van der Waals surface area contributed by atoms with Crippen LogP contribution in [-0.2, 0) is 0 Å². The van der Waals surface area contributed by atoms with Crippen LogP contribution in [0.15, 0.2) is 36.4 Å². The Bertz CT molecular complexity index is 451. The molecule has 0 bridgehead atoms. The van der Waals surface area contributed by atoms with E-state index in [1.165, 1.54) is 5.39 Å². The number of hydrogen-bond acceptors (Lipinski definition) is 2. The third kappa shape index (κ3) is 1.39. The summed E-state index contributed by atoms with van der Waals surface area (Å²) in [7, 11) is 3.61. The average Bonchev–Trinajstić information content (AvgIpc) is 2.27. The molecular formula is C12H13NO. The van der Waals surface area contributed by atoms with Gasteiger partial charge in [-0.3, -0.25) is 0 Å². The van der Waals surface area contributed by atoms with Crippen LogP contribution in [0.5, 0.6) is 5.75 Å². The van der Waals surface area contributed by atoms with Crippen molar-refractivity contribution in [2.24, 2.45) is 0 Å². The molecule has 14 heavy (non-hydrogen) atoms. The lowest BCUT2D eigenvalue weighted by Crippen LogP contribution is -1.89. The zero-order valence-corrected chi connectivity index (χ0v) is 8.37. The predicted molar refractivity (Wildman–Crippen MR) is 60.0 cm³/mol. The van der Waals surface area contributed by atoms with Gasteiger partial charge in [0.15, 0.2) is 0 Å². The van der Waals surface area contributed by atoms with Gasteiger partial charge in [0.25, 0.3) is 0 Å². The highest BCUT2D eigenvalue weighted by Gasteiger charge is 2.00. The molecule has 0 fully saturated rings. The van der Waals surface area contributed by atoms with Crippen molar-refractivity contribution in [3.63, 3.8) is 0 Å². The molecule has 2 aromatic carbocycles. The average molecular weight is 187 g/mol. The molecule has 72 valence electrons. The van der Waals surface area contributed by atoms with E-state index in [1.807, 2.05) is 19.2 Å². The lowest BCUT2D eigenvalue weighted by atomic mass is 10.1. The molecule has 0 unspecified atom stereocenters. The van der Waals surface area contributed by atoms with Gasteiger partial charge in [0.1, 0.15) is 5.75 Å². The molecule has 0 amide bonds. The largest absolute Gasteiger partial charge is 0.496 e. The van der Waals surface area contributed by atoms with Gasteiger partial charge in [-0.05, 0) is 23.6 Å². The molecule has 0 heterocycles. The first kappa shape index (κ1) is 8.88. The van der Waals surface area contributed by atoms with E-state index in [-0.39, 0.29) is 0 Å². The molecule has 0 atom stereocenters. The van der Waals surface area contributed by atoms with Crippen LogP contribution in [0.2, 0.25) is 0 Å². The maximum absolute atomic E-state index is 5.30. The molecule has 2 aromatic rings. The van der Waals surface area contributed by atoms with Gasteiger partial charge in [0.05, 0.1) is 7.11 Å². The molecule has 0 spiro atoms. The number of methoxy groups -OCH3 is 1. The molecule has 2 heteroatoms. The summed E-state index contributed by atoms with van der Waals surface area (Å²) in [6, 6.07) is 12.3. The first-order valence-corrected chi connectivity index (χ1v) is 4.59. The minimum absolute atomic E-state index is 0.916. The van der Waals surface area contributed by atoms with E-state index in [1.54, 1.807) is 7.11 Å². The monoisotopic (exact) mass is 187 g/mol. The minimum atomic E-state index is 0.916. The van der Waals surface area contributed by atoms with Crippen LogP contribution in [0.1, 0.15) is 0 Å². The standard InChI is InChI=1S/C12H13NO/c1-13-10-7-6-9-4-3-5-12(14-2)11(9)8-10/h3-8,13H,1-2H3. The topological polar surface area (TPSA) is 21.3 Å². The van der Waals surface area contributed by atoms with Gasteiger partial charge < -0.3 is 10.1 Å². The summed E-state index contributed by atoms with van der Waals surface area (Å²) in [6.45, 7) is 0. The summed E-state index contributed by atoms with van der Waals surface area (Å²) in [5.41, 5.74) is 1.10. The minimum Gasteiger partial charge on any atom is -0.496 e. The van der Waals surface area contributed by atoms with Crippen LogP contribution in [-0.4, -0.2) is 14.2 Å². The van der Waals surface area contributed by atoms with Crippen molar-refractivity contribution < 1.29 is 4.74 Å². The Balaban J connectivity index is 2.70. The van der Waals surface area contributed by atoms with Crippen LogP contribution in [0.25, 0.3) is 10.8 Å². The Hall–Kier alpha value is -1.70. The summed E-state index contributed by atoms with van der Waals surface area (Å²) in [6.07, 6.45) is 0. The second-order valence-corrected chi connectivity index (χ2v) is 3.15. The molecule has 0 saturated heterocycles. The molecule has 1 N–H and O–H groups in total.